The number of anilines is 1. The number of rotatable bonds is 5. The summed E-state index contributed by atoms with van der Waals surface area (Å²) in [5.41, 5.74) is 1.80. The van der Waals surface area contributed by atoms with E-state index >= 15 is 0 Å². The van der Waals surface area contributed by atoms with Crippen molar-refractivity contribution in [2.75, 3.05) is 11.9 Å². The van der Waals surface area contributed by atoms with Gasteiger partial charge in [-0.25, -0.2) is 12.8 Å². The van der Waals surface area contributed by atoms with Crippen LogP contribution >= 0.6 is 0 Å². The molecule has 1 N–H and O–H groups in total. The van der Waals surface area contributed by atoms with Gasteiger partial charge in [0.05, 0.1) is 4.90 Å². The number of halogens is 1. The first-order chi connectivity index (χ1) is 13.3. The first-order valence-corrected chi connectivity index (χ1v) is 10.9. The van der Waals surface area contributed by atoms with Gasteiger partial charge in [0, 0.05) is 12.2 Å². The Morgan fingerprint density at radius 2 is 1.71 bits per heavy atom. The number of amides is 1. The van der Waals surface area contributed by atoms with Gasteiger partial charge in [0.25, 0.3) is 0 Å². The highest BCUT2D eigenvalue weighted by atomic mass is 32.2. The van der Waals surface area contributed by atoms with Gasteiger partial charge in [-0.15, -0.1) is 0 Å². The molecule has 1 heterocycles. The minimum atomic E-state index is -3.88. The van der Waals surface area contributed by atoms with Crippen LogP contribution in [-0.2, 0) is 14.8 Å². The number of piperidine rings is 1. The van der Waals surface area contributed by atoms with Gasteiger partial charge in [0.2, 0.25) is 15.9 Å². The maximum absolute atomic E-state index is 13.2. The Bertz CT molecular complexity index is 925. The summed E-state index contributed by atoms with van der Waals surface area (Å²) >= 11 is 0. The van der Waals surface area contributed by atoms with Crippen LogP contribution in [0.15, 0.2) is 53.4 Å². The van der Waals surface area contributed by atoms with E-state index in [1.54, 1.807) is 0 Å². The molecular formula is C21H25FN2O3S. The van der Waals surface area contributed by atoms with Gasteiger partial charge in [-0.05, 0) is 60.7 Å². The zero-order chi connectivity index (χ0) is 20.3. The van der Waals surface area contributed by atoms with Crippen LogP contribution in [0.3, 0.4) is 0 Å². The van der Waals surface area contributed by atoms with Crippen LogP contribution in [0.5, 0.6) is 0 Å². The highest BCUT2D eigenvalue weighted by Gasteiger charge is 2.37. The zero-order valence-electron chi connectivity index (χ0n) is 16.1. The van der Waals surface area contributed by atoms with Gasteiger partial charge in [-0.2, -0.15) is 4.31 Å². The number of benzene rings is 2. The van der Waals surface area contributed by atoms with Crippen molar-refractivity contribution in [2.24, 2.45) is 0 Å². The molecule has 7 heteroatoms. The maximum atomic E-state index is 13.2. The van der Waals surface area contributed by atoms with Gasteiger partial charge >= 0.3 is 0 Å². The molecule has 0 aromatic heterocycles. The summed E-state index contributed by atoms with van der Waals surface area (Å²) in [4.78, 5) is 12.8. The average Bonchev–Trinajstić information content (AvgIpc) is 2.68. The van der Waals surface area contributed by atoms with Crippen LogP contribution in [0.2, 0.25) is 0 Å². The van der Waals surface area contributed by atoms with E-state index in [0.717, 1.165) is 24.1 Å². The Kier molecular flexibility index (Phi) is 6.15. The largest absolute Gasteiger partial charge is 0.325 e. The van der Waals surface area contributed by atoms with Crippen LogP contribution in [0.1, 0.15) is 44.6 Å². The van der Waals surface area contributed by atoms with E-state index in [9.17, 15) is 17.6 Å². The molecule has 2 aromatic rings. The predicted octanol–water partition coefficient (Wildman–Crippen LogP) is 4.13. The second kappa shape index (κ2) is 8.41. The van der Waals surface area contributed by atoms with Crippen molar-refractivity contribution in [2.45, 2.75) is 50.0 Å². The summed E-state index contributed by atoms with van der Waals surface area (Å²) in [6.07, 6.45) is 1.92. The van der Waals surface area contributed by atoms with Crippen molar-refractivity contribution in [1.82, 2.24) is 4.31 Å². The lowest BCUT2D eigenvalue weighted by molar-refractivity contribution is -0.120. The average molecular weight is 405 g/mol. The number of hydrogen-bond donors (Lipinski definition) is 1. The van der Waals surface area contributed by atoms with E-state index in [2.05, 4.69) is 19.2 Å². The fraction of sp³-hybridized carbons (Fsp3) is 0.381. The predicted molar refractivity (Wildman–Crippen MR) is 107 cm³/mol. The highest BCUT2D eigenvalue weighted by molar-refractivity contribution is 7.89. The number of carbonyl (C=O) groups is 1. The molecule has 2 aromatic carbocycles. The summed E-state index contributed by atoms with van der Waals surface area (Å²) < 4.78 is 40.4. The molecule has 1 fully saturated rings. The van der Waals surface area contributed by atoms with E-state index in [1.807, 2.05) is 24.3 Å². The first kappa shape index (κ1) is 20.5. The molecule has 1 atom stereocenters. The zero-order valence-corrected chi connectivity index (χ0v) is 16.9. The SMILES string of the molecule is CC(C)c1ccc(NC(=O)C2CCCCN2S(=O)(=O)c2ccc(F)cc2)cc1. The van der Waals surface area contributed by atoms with Crippen LogP contribution in [0.4, 0.5) is 10.1 Å². The molecule has 0 bridgehead atoms. The normalized spacial score (nSPS) is 18.2. The highest BCUT2D eigenvalue weighted by Crippen LogP contribution is 2.27. The molecule has 0 aliphatic carbocycles. The van der Waals surface area contributed by atoms with Gasteiger partial charge in [0.15, 0.2) is 0 Å². The quantitative estimate of drug-likeness (QED) is 0.815. The van der Waals surface area contributed by atoms with Crippen molar-refractivity contribution in [3.8, 4) is 0 Å². The van der Waals surface area contributed by atoms with E-state index in [1.165, 1.54) is 16.4 Å². The third-order valence-corrected chi connectivity index (χ3v) is 6.94. The minimum absolute atomic E-state index is 0.00473. The van der Waals surface area contributed by atoms with E-state index in [0.29, 0.717) is 24.4 Å². The molecule has 5 nitrogen and oxygen atoms in total. The van der Waals surface area contributed by atoms with Gasteiger partial charge in [0.1, 0.15) is 11.9 Å². The van der Waals surface area contributed by atoms with Gasteiger partial charge in [-0.1, -0.05) is 32.4 Å². The lowest BCUT2D eigenvalue weighted by atomic mass is 10.0. The second-order valence-corrected chi connectivity index (χ2v) is 9.24. The van der Waals surface area contributed by atoms with Gasteiger partial charge in [-0.3, -0.25) is 4.79 Å². The fourth-order valence-electron chi connectivity index (χ4n) is 3.37. The Morgan fingerprint density at radius 3 is 2.32 bits per heavy atom. The molecule has 0 spiro atoms. The third kappa shape index (κ3) is 4.42. The Labute approximate surface area is 165 Å². The monoisotopic (exact) mass is 404 g/mol. The number of carbonyl (C=O) groups excluding carboxylic acids is 1. The summed E-state index contributed by atoms with van der Waals surface area (Å²) in [6.45, 7) is 4.45. The van der Waals surface area contributed by atoms with Crippen molar-refractivity contribution >= 4 is 21.6 Å². The molecule has 1 aliphatic heterocycles. The number of hydrogen-bond acceptors (Lipinski definition) is 3. The summed E-state index contributed by atoms with van der Waals surface area (Å²) in [5.74, 6) is -0.459. The number of nitrogens with zero attached hydrogens (tertiary/aromatic N) is 1. The van der Waals surface area contributed by atoms with Crippen LogP contribution < -0.4 is 5.32 Å². The lowest BCUT2D eigenvalue weighted by Gasteiger charge is -2.33. The van der Waals surface area contributed by atoms with Crippen LogP contribution in [0.25, 0.3) is 0 Å². The van der Waals surface area contributed by atoms with E-state index in [4.69, 9.17) is 0 Å². The molecule has 3 rings (SSSR count). The Morgan fingerprint density at radius 1 is 1.07 bits per heavy atom. The fourth-order valence-corrected chi connectivity index (χ4v) is 5.03. The number of sulfonamides is 1. The molecule has 1 amide bonds. The van der Waals surface area contributed by atoms with Crippen molar-refractivity contribution < 1.29 is 17.6 Å². The van der Waals surface area contributed by atoms with Gasteiger partial charge < -0.3 is 5.32 Å². The summed E-state index contributed by atoms with van der Waals surface area (Å²) in [5, 5.41) is 2.84. The van der Waals surface area contributed by atoms with Crippen molar-refractivity contribution in [3.05, 3.63) is 59.9 Å². The Hall–Kier alpha value is -2.25. The molecule has 1 unspecified atom stereocenters. The molecule has 1 aliphatic rings. The molecular weight excluding hydrogens is 379 g/mol. The molecule has 0 saturated carbocycles. The summed E-state index contributed by atoms with van der Waals surface area (Å²) in [6, 6.07) is 11.5. The van der Waals surface area contributed by atoms with Crippen LogP contribution in [0, 0.1) is 5.82 Å². The minimum Gasteiger partial charge on any atom is -0.325 e. The number of nitrogens with one attached hydrogen (secondary N) is 1. The second-order valence-electron chi connectivity index (χ2n) is 7.35. The van der Waals surface area contributed by atoms with Crippen molar-refractivity contribution in [1.29, 1.82) is 0 Å². The van der Waals surface area contributed by atoms with E-state index in [-0.39, 0.29) is 17.3 Å². The molecule has 150 valence electrons. The first-order valence-electron chi connectivity index (χ1n) is 9.47. The summed E-state index contributed by atoms with van der Waals surface area (Å²) in [7, 11) is -3.88. The lowest BCUT2D eigenvalue weighted by Crippen LogP contribution is -2.49. The standard InChI is InChI=1S/C21H25FN2O3S/c1-15(2)16-6-10-18(11-7-16)23-21(25)20-5-3-4-14-24(20)28(26,27)19-12-8-17(22)9-13-19/h6-13,15,20H,3-5,14H2,1-2H3,(H,23,25). The maximum Gasteiger partial charge on any atom is 0.243 e. The topological polar surface area (TPSA) is 66.5 Å². The molecule has 1 saturated heterocycles. The Balaban J connectivity index is 1.80. The van der Waals surface area contributed by atoms with Crippen LogP contribution in [-0.4, -0.2) is 31.2 Å². The third-order valence-electron chi connectivity index (χ3n) is 5.02. The van der Waals surface area contributed by atoms with E-state index < -0.39 is 21.9 Å². The molecule has 0 radical (unpaired) electrons. The smallest absolute Gasteiger partial charge is 0.243 e. The van der Waals surface area contributed by atoms with Crippen molar-refractivity contribution in [3.63, 3.8) is 0 Å². The molecule has 28 heavy (non-hydrogen) atoms.